The van der Waals surface area contributed by atoms with Crippen molar-refractivity contribution in [3.63, 3.8) is 0 Å². The van der Waals surface area contributed by atoms with E-state index in [9.17, 15) is 4.79 Å². The highest BCUT2D eigenvalue weighted by molar-refractivity contribution is 5.81. The lowest BCUT2D eigenvalue weighted by Crippen LogP contribution is -2.35. The molecule has 0 N–H and O–H groups in total. The van der Waals surface area contributed by atoms with E-state index in [1.54, 1.807) is 0 Å². The van der Waals surface area contributed by atoms with Crippen LogP contribution in [0, 0.1) is 5.92 Å². The van der Waals surface area contributed by atoms with E-state index in [2.05, 4.69) is 11.8 Å². The van der Waals surface area contributed by atoms with E-state index in [0.717, 1.165) is 31.7 Å². The first-order valence-electron chi connectivity index (χ1n) is 5.55. The summed E-state index contributed by atoms with van der Waals surface area (Å²) in [5.41, 5.74) is 0. The number of hydrogen-bond donors (Lipinski definition) is 0. The van der Waals surface area contributed by atoms with Gasteiger partial charge in [-0.3, -0.25) is 9.69 Å². The van der Waals surface area contributed by atoms with Crippen molar-refractivity contribution in [3.8, 4) is 0 Å². The molecule has 0 aliphatic heterocycles. The Balaban J connectivity index is 1.83. The van der Waals surface area contributed by atoms with Crippen LogP contribution in [0.4, 0.5) is 0 Å². The minimum Gasteiger partial charge on any atom is -0.300 e. The first-order valence-corrected chi connectivity index (χ1v) is 5.55. The van der Waals surface area contributed by atoms with Gasteiger partial charge in [0.2, 0.25) is 0 Å². The second kappa shape index (κ2) is 3.79. The summed E-state index contributed by atoms with van der Waals surface area (Å²) in [5, 5.41) is 0. The summed E-state index contributed by atoms with van der Waals surface area (Å²) >= 11 is 0. The standard InChI is InChI=1S/C11H19NO/c1-2-12(8-9-3-4-9)10-5-6-11(13)7-10/h9-10H,2-8H2,1H3. The van der Waals surface area contributed by atoms with E-state index < -0.39 is 0 Å². The van der Waals surface area contributed by atoms with Gasteiger partial charge < -0.3 is 0 Å². The first-order chi connectivity index (χ1) is 6.29. The highest BCUT2D eigenvalue weighted by Crippen LogP contribution is 2.32. The fourth-order valence-corrected chi connectivity index (χ4v) is 2.27. The minimum atomic E-state index is 0.472. The van der Waals surface area contributed by atoms with Crippen LogP contribution in [-0.4, -0.2) is 29.8 Å². The second-order valence-electron chi connectivity index (χ2n) is 4.47. The summed E-state index contributed by atoms with van der Waals surface area (Å²) in [6.45, 7) is 4.58. The van der Waals surface area contributed by atoms with Gasteiger partial charge in [-0.1, -0.05) is 6.92 Å². The molecule has 74 valence electrons. The van der Waals surface area contributed by atoms with E-state index in [-0.39, 0.29) is 0 Å². The Hall–Kier alpha value is -0.370. The topological polar surface area (TPSA) is 20.3 Å². The van der Waals surface area contributed by atoms with Crippen LogP contribution >= 0.6 is 0 Å². The van der Waals surface area contributed by atoms with Crippen molar-refractivity contribution in [2.45, 2.75) is 45.1 Å². The Morgan fingerprint density at radius 1 is 1.38 bits per heavy atom. The number of Topliss-reactive ketones (excluding diaryl/α,β-unsaturated/α-hetero) is 1. The van der Waals surface area contributed by atoms with Gasteiger partial charge in [0.1, 0.15) is 5.78 Å². The molecule has 0 aromatic carbocycles. The molecule has 0 amide bonds. The Morgan fingerprint density at radius 3 is 2.62 bits per heavy atom. The highest BCUT2D eigenvalue weighted by atomic mass is 16.1. The average Bonchev–Trinajstić information content (AvgIpc) is 2.84. The van der Waals surface area contributed by atoms with Crippen LogP contribution in [0.3, 0.4) is 0 Å². The third kappa shape index (κ3) is 2.31. The molecular formula is C11H19NO. The van der Waals surface area contributed by atoms with E-state index >= 15 is 0 Å². The quantitative estimate of drug-likeness (QED) is 0.659. The zero-order chi connectivity index (χ0) is 9.26. The fraction of sp³-hybridized carbons (Fsp3) is 0.909. The van der Waals surface area contributed by atoms with Crippen molar-refractivity contribution in [3.05, 3.63) is 0 Å². The zero-order valence-electron chi connectivity index (χ0n) is 8.46. The average molecular weight is 181 g/mol. The lowest BCUT2D eigenvalue weighted by molar-refractivity contribution is -0.117. The van der Waals surface area contributed by atoms with Crippen molar-refractivity contribution in [1.82, 2.24) is 4.90 Å². The molecule has 0 heterocycles. The Morgan fingerprint density at radius 2 is 2.15 bits per heavy atom. The number of carbonyl (C=O) groups is 1. The summed E-state index contributed by atoms with van der Waals surface area (Å²) in [7, 11) is 0. The maximum Gasteiger partial charge on any atom is 0.134 e. The normalized spacial score (nSPS) is 28.8. The molecule has 2 nitrogen and oxygen atoms in total. The van der Waals surface area contributed by atoms with Crippen LogP contribution in [0.15, 0.2) is 0 Å². The lowest BCUT2D eigenvalue weighted by Gasteiger charge is -2.26. The molecule has 2 fully saturated rings. The van der Waals surface area contributed by atoms with Crippen LogP contribution in [-0.2, 0) is 4.79 Å². The fourth-order valence-electron chi connectivity index (χ4n) is 2.27. The van der Waals surface area contributed by atoms with Crippen molar-refractivity contribution in [2.24, 2.45) is 5.92 Å². The molecule has 2 heteroatoms. The molecule has 1 unspecified atom stereocenters. The van der Waals surface area contributed by atoms with Gasteiger partial charge in [0.25, 0.3) is 0 Å². The van der Waals surface area contributed by atoms with Crippen LogP contribution in [0.25, 0.3) is 0 Å². The molecule has 0 bridgehead atoms. The highest BCUT2D eigenvalue weighted by Gasteiger charge is 2.31. The van der Waals surface area contributed by atoms with Crippen molar-refractivity contribution in [1.29, 1.82) is 0 Å². The molecule has 0 saturated heterocycles. The van der Waals surface area contributed by atoms with Gasteiger partial charge in [-0.05, 0) is 31.7 Å². The van der Waals surface area contributed by atoms with Gasteiger partial charge in [0.15, 0.2) is 0 Å². The maximum atomic E-state index is 11.1. The van der Waals surface area contributed by atoms with Gasteiger partial charge in [-0.25, -0.2) is 0 Å². The number of carbonyl (C=O) groups excluding carboxylic acids is 1. The predicted molar refractivity (Wildman–Crippen MR) is 52.6 cm³/mol. The Bertz CT molecular complexity index is 198. The van der Waals surface area contributed by atoms with Gasteiger partial charge in [-0.2, -0.15) is 0 Å². The molecule has 2 aliphatic rings. The summed E-state index contributed by atoms with van der Waals surface area (Å²) in [4.78, 5) is 13.7. The van der Waals surface area contributed by atoms with Crippen molar-refractivity contribution in [2.75, 3.05) is 13.1 Å². The summed E-state index contributed by atoms with van der Waals surface area (Å²) in [6.07, 6.45) is 5.58. The molecule has 1 atom stereocenters. The van der Waals surface area contributed by atoms with Gasteiger partial charge in [0.05, 0.1) is 0 Å². The molecule has 0 spiro atoms. The monoisotopic (exact) mass is 181 g/mol. The van der Waals surface area contributed by atoms with Gasteiger partial charge >= 0.3 is 0 Å². The summed E-state index contributed by atoms with van der Waals surface area (Å²) in [5.74, 6) is 1.43. The lowest BCUT2D eigenvalue weighted by atomic mass is 10.2. The maximum absolute atomic E-state index is 11.1. The van der Waals surface area contributed by atoms with Crippen LogP contribution in [0.1, 0.15) is 39.0 Å². The van der Waals surface area contributed by atoms with Gasteiger partial charge in [0, 0.05) is 25.4 Å². The number of rotatable bonds is 4. The SMILES string of the molecule is CCN(CC1CC1)C1CCC(=O)C1. The predicted octanol–water partition coefficient (Wildman–Crippen LogP) is 1.84. The Kier molecular flexibility index (Phi) is 2.68. The second-order valence-corrected chi connectivity index (χ2v) is 4.47. The summed E-state index contributed by atoms with van der Waals surface area (Å²) in [6, 6.07) is 0.582. The van der Waals surface area contributed by atoms with Gasteiger partial charge in [-0.15, -0.1) is 0 Å². The zero-order valence-corrected chi connectivity index (χ0v) is 8.46. The Labute approximate surface area is 80.3 Å². The summed E-state index contributed by atoms with van der Waals surface area (Å²) < 4.78 is 0. The minimum absolute atomic E-state index is 0.472. The molecule has 2 aliphatic carbocycles. The first kappa shape index (κ1) is 9.20. The van der Waals surface area contributed by atoms with E-state index in [1.807, 2.05) is 0 Å². The third-order valence-corrected chi connectivity index (χ3v) is 3.33. The molecule has 13 heavy (non-hydrogen) atoms. The molecule has 0 aromatic rings. The van der Waals surface area contributed by atoms with Crippen molar-refractivity contribution < 1.29 is 4.79 Å². The smallest absolute Gasteiger partial charge is 0.134 e. The van der Waals surface area contributed by atoms with Crippen LogP contribution < -0.4 is 0 Å². The molecule has 2 saturated carbocycles. The van der Waals surface area contributed by atoms with E-state index in [1.165, 1.54) is 19.4 Å². The number of nitrogens with zero attached hydrogens (tertiary/aromatic N) is 1. The van der Waals surface area contributed by atoms with Crippen LogP contribution in [0.2, 0.25) is 0 Å². The number of hydrogen-bond acceptors (Lipinski definition) is 2. The van der Waals surface area contributed by atoms with Crippen molar-refractivity contribution >= 4 is 5.78 Å². The van der Waals surface area contributed by atoms with Crippen LogP contribution in [0.5, 0.6) is 0 Å². The molecular weight excluding hydrogens is 162 g/mol. The number of ketones is 1. The molecule has 2 rings (SSSR count). The molecule has 0 radical (unpaired) electrons. The largest absolute Gasteiger partial charge is 0.300 e. The molecule has 0 aromatic heterocycles. The van der Waals surface area contributed by atoms with E-state index in [4.69, 9.17) is 0 Å². The van der Waals surface area contributed by atoms with E-state index in [0.29, 0.717) is 11.8 Å². The third-order valence-electron chi connectivity index (χ3n) is 3.33.